The molecule has 0 atom stereocenters. The second-order valence-corrected chi connectivity index (χ2v) is 9.49. The van der Waals surface area contributed by atoms with Gasteiger partial charge >= 0.3 is 0 Å². The first kappa shape index (κ1) is 21.0. The highest BCUT2D eigenvalue weighted by molar-refractivity contribution is 7.90. The van der Waals surface area contributed by atoms with Crippen LogP contribution < -0.4 is 4.90 Å². The van der Waals surface area contributed by atoms with Crippen molar-refractivity contribution >= 4 is 43.9 Å². The van der Waals surface area contributed by atoms with E-state index in [2.05, 4.69) is 10.1 Å². The maximum absolute atomic E-state index is 13.3. The van der Waals surface area contributed by atoms with Crippen molar-refractivity contribution in [2.75, 3.05) is 11.2 Å². The molecule has 4 aromatic rings. The SMILES string of the molecule is Cc1cc(C(=O)N(Cc2ccc3ccc(Cl)nc3c2)c2ccccc2S(C)(=O)=O)no1. The van der Waals surface area contributed by atoms with Crippen molar-refractivity contribution in [3.63, 3.8) is 0 Å². The molecule has 0 aliphatic carbocycles. The molecular weight excluding hydrogens is 438 g/mol. The molecule has 158 valence electrons. The van der Waals surface area contributed by atoms with Crippen molar-refractivity contribution in [3.05, 3.63) is 82.8 Å². The molecule has 0 radical (unpaired) electrons. The lowest BCUT2D eigenvalue weighted by Crippen LogP contribution is -2.32. The molecule has 2 heterocycles. The van der Waals surface area contributed by atoms with Gasteiger partial charge in [0.2, 0.25) is 0 Å². The number of anilines is 1. The summed E-state index contributed by atoms with van der Waals surface area (Å²) in [6.07, 6.45) is 1.11. The lowest BCUT2D eigenvalue weighted by Gasteiger charge is -2.24. The summed E-state index contributed by atoms with van der Waals surface area (Å²) < 4.78 is 29.8. The zero-order valence-corrected chi connectivity index (χ0v) is 18.3. The quantitative estimate of drug-likeness (QED) is 0.413. The first-order chi connectivity index (χ1) is 14.7. The second kappa shape index (κ2) is 8.13. The van der Waals surface area contributed by atoms with Crippen LogP contribution in [0, 0.1) is 6.92 Å². The van der Waals surface area contributed by atoms with Crippen LogP contribution in [0.5, 0.6) is 0 Å². The molecule has 0 aliphatic heterocycles. The van der Waals surface area contributed by atoms with E-state index in [1.165, 1.54) is 17.0 Å². The third kappa shape index (κ3) is 4.45. The molecule has 9 heteroatoms. The van der Waals surface area contributed by atoms with Gasteiger partial charge in [-0.2, -0.15) is 0 Å². The molecule has 0 bridgehead atoms. The van der Waals surface area contributed by atoms with Crippen LogP contribution in [-0.4, -0.2) is 30.7 Å². The van der Waals surface area contributed by atoms with Crippen molar-refractivity contribution in [2.24, 2.45) is 0 Å². The molecular formula is C22H18ClN3O4S. The van der Waals surface area contributed by atoms with Gasteiger partial charge < -0.3 is 9.42 Å². The van der Waals surface area contributed by atoms with E-state index >= 15 is 0 Å². The molecule has 0 saturated carbocycles. The summed E-state index contributed by atoms with van der Waals surface area (Å²) in [6.45, 7) is 1.78. The van der Waals surface area contributed by atoms with Gasteiger partial charge in [-0.1, -0.05) is 41.0 Å². The van der Waals surface area contributed by atoms with E-state index in [0.29, 0.717) is 16.4 Å². The number of aryl methyl sites for hydroxylation is 1. The molecule has 4 rings (SSSR count). The molecule has 7 nitrogen and oxygen atoms in total. The third-order valence-electron chi connectivity index (χ3n) is 4.71. The highest BCUT2D eigenvalue weighted by atomic mass is 35.5. The third-order valence-corrected chi connectivity index (χ3v) is 6.07. The van der Waals surface area contributed by atoms with E-state index in [-0.39, 0.29) is 22.8 Å². The lowest BCUT2D eigenvalue weighted by atomic mass is 10.1. The lowest BCUT2D eigenvalue weighted by molar-refractivity contribution is 0.0976. The molecule has 0 aliphatic rings. The van der Waals surface area contributed by atoms with Crippen molar-refractivity contribution in [1.82, 2.24) is 10.1 Å². The Kier molecular flexibility index (Phi) is 5.51. The summed E-state index contributed by atoms with van der Waals surface area (Å²) in [7, 11) is -3.59. The second-order valence-electron chi connectivity index (χ2n) is 7.12. The van der Waals surface area contributed by atoms with Gasteiger partial charge in [0, 0.05) is 17.7 Å². The largest absolute Gasteiger partial charge is 0.361 e. The summed E-state index contributed by atoms with van der Waals surface area (Å²) in [4.78, 5) is 19.1. The summed E-state index contributed by atoms with van der Waals surface area (Å²) in [5, 5.41) is 5.07. The van der Waals surface area contributed by atoms with E-state index < -0.39 is 15.7 Å². The van der Waals surface area contributed by atoms with Crippen LogP contribution in [0.25, 0.3) is 10.9 Å². The van der Waals surface area contributed by atoms with Crippen LogP contribution in [-0.2, 0) is 16.4 Å². The molecule has 0 unspecified atom stereocenters. The van der Waals surface area contributed by atoms with Crippen LogP contribution in [0.1, 0.15) is 21.8 Å². The smallest absolute Gasteiger partial charge is 0.280 e. The monoisotopic (exact) mass is 455 g/mol. The zero-order valence-electron chi connectivity index (χ0n) is 16.7. The standard InChI is InChI=1S/C22H18ClN3O4S/c1-14-11-18(25-30-14)22(27)26(19-5-3-4-6-20(19)31(2,28)29)13-15-7-8-16-9-10-21(23)24-17(16)12-15/h3-12H,13H2,1-2H3. The normalized spacial score (nSPS) is 11.6. The summed E-state index contributed by atoms with van der Waals surface area (Å²) in [6, 6.07) is 17.0. The molecule has 0 spiro atoms. The first-order valence-electron chi connectivity index (χ1n) is 9.32. The number of carbonyl (C=O) groups is 1. The number of hydrogen-bond acceptors (Lipinski definition) is 6. The number of carbonyl (C=O) groups excluding carboxylic acids is 1. The highest BCUT2D eigenvalue weighted by Gasteiger charge is 2.26. The minimum Gasteiger partial charge on any atom is -0.361 e. The Labute approximate surface area is 184 Å². The summed E-state index contributed by atoms with van der Waals surface area (Å²) in [5.74, 6) is -0.00338. The number of fused-ring (bicyclic) bond motifs is 1. The molecule has 1 amide bonds. The maximum Gasteiger partial charge on any atom is 0.280 e. The fourth-order valence-corrected chi connectivity index (χ4v) is 4.32. The van der Waals surface area contributed by atoms with Gasteiger partial charge in [0.05, 0.1) is 22.6 Å². The van der Waals surface area contributed by atoms with Gasteiger partial charge in [-0.05, 0) is 42.8 Å². The molecule has 0 fully saturated rings. The van der Waals surface area contributed by atoms with Crippen molar-refractivity contribution in [2.45, 2.75) is 18.4 Å². The number of amides is 1. The first-order valence-corrected chi connectivity index (χ1v) is 11.6. The molecule has 2 aromatic heterocycles. The number of hydrogen-bond donors (Lipinski definition) is 0. The number of halogens is 1. The number of benzene rings is 2. The predicted octanol–water partition coefficient (Wildman–Crippen LogP) is 4.44. The van der Waals surface area contributed by atoms with E-state index in [4.69, 9.17) is 16.1 Å². The number of para-hydroxylation sites is 1. The zero-order chi connectivity index (χ0) is 22.2. The van der Waals surface area contributed by atoms with Crippen LogP contribution in [0.4, 0.5) is 5.69 Å². The van der Waals surface area contributed by atoms with Gasteiger partial charge in [-0.3, -0.25) is 4.79 Å². The van der Waals surface area contributed by atoms with Gasteiger partial charge in [0.1, 0.15) is 10.9 Å². The Morgan fingerprint density at radius 2 is 1.84 bits per heavy atom. The van der Waals surface area contributed by atoms with Gasteiger partial charge in [-0.15, -0.1) is 0 Å². The van der Waals surface area contributed by atoms with Crippen molar-refractivity contribution in [1.29, 1.82) is 0 Å². The van der Waals surface area contributed by atoms with Crippen LogP contribution in [0.2, 0.25) is 5.15 Å². The Bertz CT molecular complexity index is 1400. The van der Waals surface area contributed by atoms with E-state index in [1.54, 1.807) is 31.2 Å². The summed E-state index contributed by atoms with van der Waals surface area (Å²) >= 11 is 6.02. The number of aromatic nitrogens is 2. The fraction of sp³-hybridized carbons (Fsp3) is 0.136. The number of sulfone groups is 1. The Morgan fingerprint density at radius 3 is 2.55 bits per heavy atom. The number of pyridine rings is 1. The van der Waals surface area contributed by atoms with E-state index in [0.717, 1.165) is 17.2 Å². The molecule has 0 saturated heterocycles. The minimum atomic E-state index is -3.59. The van der Waals surface area contributed by atoms with Crippen molar-refractivity contribution in [3.8, 4) is 0 Å². The Hall–Kier alpha value is -3.23. The molecule has 2 aromatic carbocycles. The van der Waals surface area contributed by atoms with Crippen LogP contribution in [0.3, 0.4) is 0 Å². The average molecular weight is 456 g/mol. The van der Waals surface area contributed by atoms with Crippen LogP contribution >= 0.6 is 11.6 Å². The van der Waals surface area contributed by atoms with E-state index in [1.807, 2.05) is 24.3 Å². The summed E-state index contributed by atoms with van der Waals surface area (Å²) in [5.41, 5.74) is 1.77. The fourth-order valence-electron chi connectivity index (χ4n) is 3.28. The number of nitrogens with zero attached hydrogens (tertiary/aromatic N) is 3. The molecule has 31 heavy (non-hydrogen) atoms. The van der Waals surface area contributed by atoms with Crippen LogP contribution in [0.15, 0.2) is 70.1 Å². The molecule has 0 N–H and O–H groups in total. The Morgan fingerprint density at radius 1 is 1.10 bits per heavy atom. The van der Waals surface area contributed by atoms with Gasteiger partial charge in [0.15, 0.2) is 15.5 Å². The van der Waals surface area contributed by atoms with Crippen molar-refractivity contribution < 1.29 is 17.7 Å². The average Bonchev–Trinajstić information content (AvgIpc) is 3.17. The topological polar surface area (TPSA) is 93.4 Å². The number of rotatable bonds is 5. The highest BCUT2D eigenvalue weighted by Crippen LogP contribution is 2.29. The van der Waals surface area contributed by atoms with E-state index in [9.17, 15) is 13.2 Å². The minimum absolute atomic E-state index is 0.0468. The van der Waals surface area contributed by atoms with Gasteiger partial charge in [0.25, 0.3) is 5.91 Å². The predicted molar refractivity (Wildman–Crippen MR) is 118 cm³/mol. The van der Waals surface area contributed by atoms with Gasteiger partial charge in [-0.25, -0.2) is 13.4 Å². The Balaban J connectivity index is 1.83. The maximum atomic E-state index is 13.3.